The van der Waals surface area contributed by atoms with E-state index in [1.54, 1.807) is 19.2 Å². The Morgan fingerprint density at radius 2 is 1.92 bits per heavy atom. The lowest BCUT2D eigenvalue weighted by Crippen LogP contribution is -2.38. The second-order valence-corrected chi connectivity index (χ2v) is 9.73. The van der Waals surface area contributed by atoms with Crippen LogP contribution in [0.15, 0.2) is 23.1 Å². The van der Waals surface area contributed by atoms with Gasteiger partial charge in [0.1, 0.15) is 4.90 Å². The molecule has 0 aromatic heterocycles. The highest BCUT2D eigenvalue weighted by molar-refractivity contribution is 7.89. The van der Waals surface area contributed by atoms with Gasteiger partial charge in [0.05, 0.1) is 5.69 Å². The standard InChI is InChI=1S/C19H27N3O3S/c1-20-16-7-6-15(12-18(16)26(24,25)22-8-2-3-9-22)19(23)21-17-11-13-4-5-14(17)10-13/h6-7,12-14,17,20H,2-5,8-11H2,1H3,(H,21,23)/t13-,14-,17-/m1/s1. The summed E-state index contributed by atoms with van der Waals surface area (Å²) in [5.41, 5.74) is 0.956. The van der Waals surface area contributed by atoms with Crippen molar-refractivity contribution in [2.24, 2.45) is 11.8 Å². The Morgan fingerprint density at radius 1 is 1.15 bits per heavy atom. The number of amides is 1. The average Bonchev–Trinajstić information content (AvgIpc) is 3.39. The van der Waals surface area contributed by atoms with Gasteiger partial charge in [0.25, 0.3) is 5.91 Å². The molecular formula is C19H27N3O3S. The van der Waals surface area contributed by atoms with Gasteiger partial charge in [0.15, 0.2) is 0 Å². The highest BCUT2D eigenvalue weighted by Gasteiger charge is 2.40. The van der Waals surface area contributed by atoms with Crippen molar-refractivity contribution in [2.75, 3.05) is 25.5 Å². The molecule has 3 fully saturated rings. The molecule has 1 aromatic rings. The van der Waals surface area contributed by atoms with Gasteiger partial charge in [-0.25, -0.2) is 8.42 Å². The van der Waals surface area contributed by atoms with Crippen LogP contribution in [-0.4, -0.2) is 44.8 Å². The van der Waals surface area contributed by atoms with Gasteiger partial charge >= 0.3 is 0 Å². The molecule has 1 heterocycles. The molecule has 26 heavy (non-hydrogen) atoms. The minimum atomic E-state index is -3.58. The van der Waals surface area contributed by atoms with Crippen LogP contribution in [-0.2, 0) is 10.0 Å². The van der Waals surface area contributed by atoms with Gasteiger partial charge in [-0.05, 0) is 62.1 Å². The van der Waals surface area contributed by atoms with Crippen molar-refractivity contribution >= 4 is 21.6 Å². The van der Waals surface area contributed by atoms with E-state index in [1.807, 2.05) is 0 Å². The Balaban J connectivity index is 1.58. The molecule has 2 N–H and O–H groups in total. The number of carbonyl (C=O) groups excluding carboxylic acids is 1. The van der Waals surface area contributed by atoms with Crippen LogP contribution in [0, 0.1) is 11.8 Å². The van der Waals surface area contributed by atoms with Crippen LogP contribution in [0.4, 0.5) is 5.69 Å². The highest BCUT2D eigenvalue weighted by Crippen LogP contribution is 2.44. The van der Waals surface area contributed by atoms with Crippen molar-refractivity contribution in [3.05, 3.63) is 23.8 Å². The lowest BCUT2D eigenvalue weighted by molar-refractivity contribution is 0.0922. The molecule has 1 aliphatic heterocycles. The molecule has 3 atom stereocenters. The zero-order valence-electron chi connectivity index (χ0n) is 15.2. The normalized spacial score (nSPS) is 28.4. The Hall–Kier alpha value is -1.60. The van der Waals surface area contributed by atoms with Crippen molar-refractivity contribution in [2.45, 2.75) is 49.5 Å². The summed E-state index contributed by atoms with van der Waals surface area (Å²) in [7, 11) is -1.88. The molecule has 2 aliphatic carbocycles. The molecule has 0 radical (unpaired) electrons. The van der Waals surface area contributed by atoms with Crippen LogP contribution < -0.4 is 10.6 Å². The van der Waals surface area contributed by atoms with Crippen molar-refractivity contribution < 1.29 is 13.2 Å². The minimum Gasteiger partial charge on any atom is -0.387 e. The second-order valence-electron chi connectivity index (χ2n) is 7.83. The van der Waals surface area contributed by atoms with Crippen LogP contribution in [0.25, 0.3) is 0 Å². The second kappa shape index (κ2) is 6.85. The smallest absolute Gasteiger partial charge is 0.251 e. The summed E-state index contributed by atoms with van der Waals surface area (Å²) in [6.07, 6.45) is 6.54. The Bertz CT molecular complexity index is 802. The Kier molecular flexibility index (Phi) is 4.69. The average molecular weight is 378 g/mol. The summed E-state index contributed by atoms with van der Waals surface area (Å²) in [6.45, 7) is 1.10. The topological polar surface area (TPSA) is 78.5 Å². The highest BCUT2D eigenvalue weighted by atomic mass is 32.2. The van der Waals surface area contributed by atoms with Gasteiger partial charge < -0.3 is 10.6 Å². The first kappa shape index (κ1) is 17.8. The van der Waals surface area contributed by atoms with Crippen LogP contribution >= 0.6 is 0 Å². The van der Waals surface area contributed by atoms with E-state index in [0.717, 1.165) is 25.2 Å². The summed E-state index contributed by atoms with van der Waals surface area (Å²) >= 11 is 0. The fourth-order valence-electron chi connectivity index (χ4n) is 4.82. The van der Waals surface area contributed by atoms with Gasteiger partial charge in [-0.2, -0.15) is 4.31 Å². The van der Waals surface area contributed by atoms with Crippen molar-refractivity contribution in [3.63, 3.8) is 0 Å². The first-order chi connectivity index (χ1) is 12.5. The number of anilines is 1. The van der Waals surface area contributed by atoms with E-state index in [-0.39, 0.29) is 16.8 Å². The van der Waals surface area contributed by atoms with E-state index in [4.69, 9.17) is 0 Å². The molecule has 3 aliphatic rings. The third-order valence-corrected chi connectivity index (χ3v) is 8.19. The van der Waals surface area contributed by atoms with Gasteiger partial charge in [-0.3, -0.25) is 4.79 Å². The molecule has 0 spiro atoms. The number of benzene rings is 1. The number of sulfonamides is 1. The van der Waals surface area contributed by atoms with E-state index < -0.39 is 10.0 Å². The summed E-state index contributed by atoms with van der Waals surface area (Å²) < 4.78 is 27.5. The van der Waals surface area contributed by atoms with E-state index >= 15 is 0 Å². The molecular weight excluding hydrogens is 350 g/mol. The maximum atomic E-state index is 13.0. The van der Waals surface area contributed by atoms with Gasteiger partial charge in [0.2, 0.25) is 10.0 Å². The fourth-order valence-corrected chi connectivity index (χ4v) is 6.57. The number of rotatable bonds is 5. The molecule has 1 amide bonds. The van der Waals surface area contributed by atoms with Crippen molar-refractivity contribution in [1.29, 1.82) is 0 Å². The summed E-state index contributed by atoms with van der Waals surface area (Å²) in [5.74, 6) is 1.18. The van der Waals surface area contributed by atoms with Crippen LogP contribution in [0.2, 0.25) is 0 Å². The maximum absolute atomic E-state index is 13.0. The predicted octanol–water partition coefficient (Wildman–Crippen LogP) is 2.43. The zero-order valence-corrected chi connectivity index (χ0v) is 16.0. The lowest BCUT2D eigenvalue weighted by Gasteiger charge is -2.23. The first-order valence-corrected chi connectivity index (χ1v) is 11.1. The van der Waals surface area contributed by atoms with Crippen LogP contribution in [0.1, 0.15) is 48.9 Å². The number of fused-ring (bicyclic) bond motifs is 2. The molecule has 2 saturated carbocycles. The molecule has 2 bridgehead atoms. The molecule has 0 unspecified atom stereocenters. The first-order valence-electron chi connectivity index (χ1n) is 9.62. The summed E-state index contributed by atoms with van der Waals surface area (Å²) in [4.78, 5) is 12.9. The van der Waals surface area contributed by atoms with E-state index in [1.165, 1.54) is 29.6 Å². The van der Waals surface area contributed by atoms with Crippen LogP contribution in [0.3, 0.4) is 0 Å². The monoisotopic (exact) mass is 377 g/mol. The van der Waals surface area contributed by atoms with E-state index in [2.05, 4.69) is 10.6 Å². The Labute approximate surface area is 155 Å². The molecule has 6 nitrogen and oxygen atoms in total. The number of hydrogen-bond donors (Lipinski definition) is 2. The Morgan fingerprint density at radius 3 is 2.54 bits per heavy atom. The number of nitrogens with one attached hydrogen (secondary N) is 2. The zero-order chi connectivity index (χ0) is 18.3. The molecule has 4 rings (SSSR count). The fraction of sp³-hybridized carbons (Fsp3) is 0.632. The third kappa shape index (κ3) is 3.11. The number of hydrogen-bond acceptors (Lipinski definition) is 4. The summed E-state index contributed by atoms with van der Waals surface area (Å²) in [6, 6.07) is 5.17. The van der Waals surface area contributed by atoms with Gasteiger partial charge in [0, 0.05) is 31.7 Å². The minimum absolute atomic E-state index is 0.164. The lowest BCUT2D eigenvalue weighted by atomic mass is 9.95. The van der Waals surface area contributed by atoms with E-state index in [9.17, 15) is 13.2 Å². The van der Waals surface area contributed by atoms with E-state index in [0.29, 0.717) is 30.3 Å². The third-order valence-electron chi connectivity index (χ3n) is 6.25. The number of carbonyl (C=O) groups is 1. The predicted molar refractivity (Wildman–Crippen MR) is 101 cm³/mol. The SMILES string of the molecule is CNc1ccc(C(=O)N[C@@H]2C[C@@H]3CC[C@@H]2C3)cc1S(=O)(=O)N1CCCC1. The molecule has 1 aromatic carbocycles. The maximum Gasteiger partial charge on any atom is 0.251 e. The largest absolute Gasteiger partial charge is 0.387 e. The number of nitrogens with zero attached hydrogens (tertiary/aromatic N) is 1. The van der Waals surface area contributed by atoms with Gasteiger partial charge in [-0.15, -0.1) is 0 Å². The molecule has 142 valence electrons. The van der Waals surface area contributed by atoms with Crippen LogP contribution in [0.5, 0.6) is 0 Å². The summed E-state index contributed by atoms with van der Waals surface area (Å²) in [5, 5.41) is 6.09. The van der Waals surface area contributed by atoms with Crippen molar-refractivity contribution in [3.8, 4) is 0 Å². The molecule has 1 saturated heterocycles. The van der Waals surface area contributed by atoms with Crippen molar-refractivity contribution in [1.82, 2.24) is 9.62 Å². The quantitative estimate of drug-likeness (QED) is 0.826. The van der Waals surface area contributed by atoms with Gasteiger partial charge in [-0.1, -0.05) is 6.42 Å². The molecule has 7 heteroatoms.